The summed E-state index contributed by atoms with van der Waals surface area (Å²) in [6, 6.07) is 0. The minimum absolute atomic E-state index is 0.160. The second kappa shape index (κ2) is 7.09. The molecular weight excluding hydrogens is 208 g/mol. The molecule has 0 spiro atoms. The van der Waals surface area contributed by atoms with Crippen LogP contribution < -0.4 is 44.2 Å². The molecule has 0 amide bonds. The quantitative estimate of drug-likeness (QED) is 0.208. The van der Waals surface area contributed by atoms with E-state index in [-0.39, 0.29) is 24.7 Å². The van der Waals surface area contributed by atoms with Gasteiger partial charge in [0.2, 0.25) is 0 Å². The molecule has 1 aliphatic heterocycles. The van der Waals surface area contributed by atoms with E-state index < -0.39 is 0 Å². The first-order valence-corrected chi connectivity index (χ1v) is 5.54. The van der Waals surface area contributed by atoms with E-state index >= 15 is 0 Å². The Balaban J connectivity index is 2.39. The number of hydrogen-bond acceptors (Lipinski definition) is 8. The van der Waals surface area contributed by atoms with E-state index in [0.717, 1.165) is 0 Å². The normalized spacial score (nSPS) is 39.8. The fourth-order valence-electron chi connectivity index (χ4n) is 1.40. The average molecular weight is 232 g/mol. The number of hydrogen-bond donors (Lipinski definition) is 8. The lowest BCUT2D eigenvalue weighted by molar-refractivity contribution is 0.357. The summed E-state index contributed by atoms with van der Waals surface area (Å²) >= 11 is 0. The molecule has 0 radical (unpaired) electrons. The zero-order valence-corrected chi connectivity index (χ0v) is 9.45. The molecular formula is C8H24N8. The highest BCUT2D eigenvalue weighted by Crippen LogP contribution is 1.80. The Bertz CT molecular complexity index is 133. The highest BCUT2D eigenvalue weighted by Gasteiger charge is 2.12. The maximum absolute atomic E-state index is 5.81. The van der Waals surface area contributed by atoms with Gasteiger partial charge in [0.1, 0.15) is 0 Å². The van der Waals surface area contributed by atoms with E-state index in [1.54, 1.807) is 0 Å². The predicted molar refractivity (Wildman–Crippen MR) is 63.9 cm³/mol. The van der Waals surface area contributed by atoms with Crippen molar-refractivity contribution in [3.05, 3.63) is 0 Å². The van der Waals surface area contributed by atoms with Crippen molar-refractivity contribution in [3.63, 3.8) is 0 Å². The standard InChI is InChI=1S/C8H24N8/c9-5-1-13-6(10)2-15-8(12)4-16-7(11)3-14-5/h5-8,13-16H,1-4,9-12H2. The van der Waals surface area contributed by atoms with E-state index in [0.29, 0.717) is 26.2 Å². The van der Waals surface area contributed by atoms with Gasteiger partial charge < -0.3 is 22.9 Å². The molecule has 0 aromatic rings. The van der Waals surface area contributed by atoms with Crippen LogP contribution in [0.4, 0.5) is 0 Å². The van der Waals surface area contributed by atoms with Crippen molar-refractivity contribution in [1.29, 1.82) is 0 Å². The maximum Gasteiger partial charge on any atom is 0.0676 e. The summed E-state index contributed by atoms with van der Waals surface area (Å²) in [5.74, 6) is 0. The summed E-state index contributed by atoms with van der Waals surface area (Å²) in [4.78, 5) is 0. The van der Waals surface area contributed by atoms with Crippen molar-refractivity contribution in [2.45, 2.75) is 24.7 Å². The number of nitrogens with two attached hydrogens (primary N) is 4. The summed E-state index contributed by atoms with van der Waals surface area (Å²) in [6.07, 6.45) is -0.641. The lowest BCUT2D eigenvalue weighted by Gasteiger charge is -2.25. The molecule has 12 N–H and O–H groups in total. The Morgan fingerprint density at radius 1 is 0.500 bits per heavy atom. The topological polar surface area (TPSA) is 152 Å². The first kappa shape index (κ1) is 13.7. The minimum Gasteiger partial charge on any atom is -0.315 e. The number of nitrogens with one attached hydrogen (secondary N) is 4. The molecule has 0 aromatic heterocycles. The molecule has 1 fully saturated rings. The van der Waals surface area contributed by atoms with Crippen LogP contribution in [0.2, 0.25) is 0 Å². The highest BCUT2D eigenvalue weighted by molar-refractivity contribution is 4.75. The van der Waals surface area contributed by atoms with Gasteiger partial charge in [-0.2, -0.15) is 0 Å². The smallest absolute Gasteiger partial charge is 0.0676 e. The molecule has 1 aliphatic rings. The van der Waals surface area contributed by atoms with Gasteiger partial charge in [0.05, 0.1) is 24.7 Å². The molecule has 1 rings (SSSR count). The predicted octanol–water partition coefficient (Wildman–Crippen LogP) is -4.50. The monoisotopic (exact) mass is 232 g/mol. The van der Waals surface area contributed by atoms with E-state index in [9.17, 15) is 0 Å². The Morgan fingerprint density at radius 3 is 0.875 bits per heavy atom. The fourth-order valence-corrected chi connectivity index (χ4v) is 1.40. The average Bonchev–Trinajstić information content (AvgIpc) is 2.27. The first-order valence-electron chi connectivity index (χ1n) is 5.54. The molecule has 1 saturated heterocycles. The first-order chi connectivity index (χ1) is 7.58. The molecule has 16 heavy (non-hydrogen) atoms. The van der Waals surface area contributed by atoms with E-state index in [1.165, 1.54) is 0 Å². The fraction of sp³-hybridized carbons (Fsp3) is 1.00. The van der Waals surface area contributed by atoms with Gasteiger partial charge >= 0.3 is 0 Å². The number of rotatable bonds is 0. The van der Waals surface area contributed by atoms with Gasteiger partial charge in [-0.15, -0.1) is 0 Å². The van der Waals surface area contributed by atoms with Crippen LogP contribution >= 0.6 is 0 Å². The maximum atomic E-state index is 5.81. The molecule has 4 unspecified atom stereocenters. The Labute approximate surface area is 95.8 Å². The van der Waals surface area contributed by atoms with Gasteiger partial charge in [0.15, 0.2) is 0 Å². The van der Waals surface area contributed by atoms with Crippen molar-refractivity contribution < 1.29 is 0 Å². The molecule has 0 aliphatic carbocycles. The molecule has 4 atom stereocenters. The molecule has 8 nitrogen and oxygen atoms in total. The molecule has 8 heteroatoms. The zero-order valence-electron chi connectivity index (χ0n) is 9.45. The van der Waals surface area contributed by atoms with Gasteiger partial charge in [-0.1, -0.05) is 0 Å². The second-order valence-electron chi connectivity index (χ2n) is 4.06. The Morgan fingerprint density at radius 2 is 0.688 bits per heavy atom. The Hall–Kier alpha value is -0.320. The van der Waals surface area contributed by atoms with Gasteiger partial charge in [-0.25, -0.2) is 0 Å². The summed E-state index contributed by atoms with van der Waals surface area (Å²) in [5.41, 5.74) is 23.2. The van der Waals surface area contributed by atoms with Crippen molar-refractivity contribution in [2.75, 3.05) is 26.2 Å². The van der Waals surface area contributed by atoms with Crippen molar-refractivity contribution >= 4 is 0 Å². The third-order valence-corrected chi connectivity index (χ3v) is 2.40. The SMILES string of the molecule is NC1CNC(N)CNC(N)CNC(N)CN1. The van der Waals surface area contributed by atoms with Gasteiger partial charge in [0.25, 0.3) is 0 Å². The van der Waals surface area contributed by atoms with Crippen molar-refractivity contribution in [2.24, 2.45) is 22.9 Å². The summed E-state index contributed by atoms with van der Waals surface area (Å²) in [6.45, 7) is 2.35. The summed E-state index contributed by atoms with van der Waals surface area (Å²) in [7, 11) is 0. The lowest BCUT2D eigenvalue weighted by Crippen LogP contribution is -2.61. The van der Waals surface area contributed by atoms with E-state index in [2.05, 4.69) is 21.3 Å². The third kappa shape index (κ3) is 5.68. The summed E-state index contributed by atoms with van der Waals surface area (Å²) in [5, 5.41) is 12.4. The van der Waals surface area contributed by atoms with Crippen LogP contribution in [0, 0.1) is 0 Å². The van der Waals surface area contributed by atoms with E-state index in [1.807, 2.05) is 0 Å². The third-order valence-electron chi connectivity index (χ3n) is 2.40. The molecule has 0 bridgehead atoms. The highest BCUT2D eigenvalue weighted by atomic mass is 15.2. The molecule has 96 valence electrons. The van der Waals surface area contributed by atoms with Crippen LogP contribution in [0.1, 0.15) is 0 Å². The van der Waals surface area contributed by atoms with Crippen LogP contribution in [0.25, 0.3) is 0 Å². The zero-order chi connectivity index (χ0) is 12.0. The molecule has 0 aromatic carbocycles. The van der Waals surface area contributed by atoms with Crippen LogP contribution in [-0.4, -0.2) is 50.8 Å². The van der Waals surface area contributed by atoms with Crippen molar-refractivity contribution in [3.8, 4) is 0 Å². The van der Waals surface area contributed by atoms with Gasteiger partial charge in [-0.05, 0) is 0 Å². The summed E-state index contributed by atoms with van der Waals surface area (Å²) < 4.78 is 0. The van der Waals surface area contributed by atoms with E-state index in [4.69, 9.17) is 22.9 Å². The van der Waals surface area contributed by atoms with Crippen LogP contribution in [0.3, 0.4) is 0 Å². The van der Waals surface area contributed by atoms with Crippen molar-refractivity contribution in [1.82, 2.24) is 21.3 Å². The van der Waals surface area contributed by atoms with Gasteiger partial charge in [-0.3, -0.25) is 21.3 Å². The van der Waals surface area contributed by atoms with Crippen LogP contribution in [-0.2, 0) is 0 Å². The minimum atomic E-state index is -0.160. The van der Waals surface area contributed by atoms with Crippen LogP contribution in [0.5, 0.6) is 0 Å². The molecule has 1 heterocycles. The van der Waals surface area contributed by atoms with Gasteiger partial charge in [0, 0.05) is 26.2 Å². The molecule has 0 saturated carbocycles. The Kier molecular flexibility index (Phi) is 6.09. The lowest BCUT2D eigenvalue weighted by atomic mass is 10.3. The van der Waals surface area contributed by atoms with Crippen LogP contribution in [0.15, 0.2) is 0 Å². The largest absolute Gasteiger partial charge is 0.315 e. The second-order valence-corrected chi connectivity index (χ2v) is 4.06.